The minimum absolute atomic E-state index is 0.00723. The highest BCUT2D eigenvalue weighted by Crippen LogP contribution is 2.58. The number of hydrogen-bond donors (Lipinski definition) is 3. The quantitative estimate of drug-likeness (QED) is 0.0941. The summed E-state index contributed by atoms with van der Waals surface area (Å²) >= 11 is 0.524. The van der Waals surface area contributed by atoms with Crippen LogP contribution in [0.25, 0.3) is 11.2 Å². The topological polar surface area (TPSA) is 251 Å². The number of halogens is 2. The Morgan fingerprint density at radius 2 is 1.83 bits per heavy atom. The van der Waals surface area contributed by atoms with Gasteiger partial charge in [-0.1, -0.05) is 12.1 Å². The minimum Gasteiger partial charge on any atom is -0.427 e. The summed E-state index contributed by atoms with van der Waals surface area (Å²) in [6.45, 7) is -3.41. The highest BCUT2D eigenvalue weighted by atomic mass is 32.7. The molecular weight excluding hydrogens is 770 g/mol. The van der Waals surface area contributed by atoms with E-state index in [0.717, 1.165) is 23.5 Å². The van der Waals surface area contributed by atoms with Crippen LogP contribution < -0.4 is 21.7 Å². The van der Waals surface area contributed by atoms with E-state index >= 15 is 8.78 Å². The van der Waals surface area contributed by atoms with E-state index in [4.69, 9.17) is 33.5 Å². The number of nitrogens with one attached hydrogen (secondary N) is 1. The van der Waals surface area contributed by atoms with Gasteiger partial charge in [-0.25, -0.2) is 33.1 Å². The molecule has 0 radical (unpaired) electrons. The first-order valence-electron chi connectivity index (χ1n) is 15.7. The third kappa shape index (κ3) is 9.28. The normalized spacial score (nSPS) is 26.7. The number of alkyl halides is 2. The molecule has 4 N–H and O–H groups in total. The van der Waals surface area contributed by atoms with Crippen LogP contribution in [-0.4, -0.2) is 90.5 Å². The Hall–Kier alpha value is -3.85. The lowest BCUT2D eigenvalue weighted by atomic mass is 10.1. The molecule has 19 nitrogen and oxygen atoms in total. The molecule has 0 amide bonds. The van der Waals surface area contributed by atoms with Gasteiger partial charge in [-0.2, -0.15) is 0 Å². The van der Waals surface area contributed by atoms with Crippen molar-refractivity contribution in [3.05, 3.63) is 75.6 Å². The number of rotatable bonds is 14. The predicted octanol–water partition coefficient (Wildman–Crippen LogP) is 3.02. The van der Waals surface area contributed by atoms with Crippen LogP contribution in [0.5, 0.6) is 5.75 Å². The Balaban J connectivity index is 1.09. The Labute approximate surface area is 301 Å². The Kier molecular flexibility index (Phi) is 11.6. The molecule has 0 spiro atoms. The number of carbonyl (C=O) groups excluding carboxylic acids is 1. The molecule has 0 saturated carbocycles. The van der Waals surface area contributed by atoms with Crippen molar-refractivity contribution in [2.45, 2.75) is 62.2 Å². The third-order valence-corrected chi connectivity index (χ3v) is 12.2. The van der Waals surface area contributed by atoms with E-state index in [1.165, 1.54) is 36.3 Å². The number of benzene rings is 1. The van der Waals surface area contributed by atoms with Gasteiger partial charge in [-0.3, -0.25) is 37.3 Å². The summed E-state index contributed by atoms with van der Waals surface area (Å²) in [6.07, 6.45) is -7.66. The SMILES string of the molecule is CC(=O)Oc1ccc(CSP(=O)(O)OC[C@H]2O[C@@H](n3ccc(=O)[nH]c3=O)[C@H](OP(C)(=O)OC[C@@H]3C[C@@H](F)[C@H](n4cnc5c(N)ncnc54)O3)[C@@H]2F)cc1. The van der Waals surface area contributed by atoms with Gasteiger partial charge in [0.15, 0.2) is 30.1 Å². The molecule has 2 unspecified atom stereocenters. The van der Waals surface area contributed by atoms with Crippen molar-refractivity contribution >= 4 is 48.7 Å². The highest BCUT2D eigenvalue weighted by molar-refractivity contribution is 8.54. The number of aromatic nitrogens is 6. The molecule has 4 aromatic rings. The number of nitrogens with two attached hydrogens (primary N) is 1. The Morgan fingerprint density at radius 3 is 2.55 bits per heavy atom. The molecule has 5 heterocycles. The maximum atomic E-state index is 16.0. The maximum Gasteiger partial charge on any atom is 0.386 e. The lowest BCUT2D eigenvalue weighted by Gasteiger charge is -2.25. The Bertz CT molecular complexity index is 2180. The molecule has 0 aliphatic carbocycles. The van der Waals surface area contributed by atoms with Gasteiger partial charge >= 0.3 is 26.1 Å². The van der Waals surface area contributed by atoms with Gasteiger partial charge in [0.05, 0.1) is 25.6 Å². The maximum absolute atomic E-state index is 16.0. The summed E-state index contributed by atoms with van der Waals surface area (Å²) in [5.74, 6) is -0.141. The van der Waals surface area contributed by atoms with Gasteiger partial charge in [0.2, 0.25) is 0 Å². The summed E-state index contributed by atoms with van der Waals surface area (Å²) in [7, 11) is -4.24. The minimum atomic E-state index is -4.42. The van der Waals surface area contributed by atoms with Gasteiger partial charge in [-0.15, -0.1) is 0 Å². The monoisotopic (exact) mass is 803 g/mol. The van der Waals surface area contributed by atoms with Crippen molar-refractivity contribution in [1.82, 2.24) is 29.1 Å². The fourth-order valence-corrected chi connectivity index (χ4v) is 8.97. The number of nitrogen functional groups attached to an aromatic ring is 1. The number of carbonyl (C=O) groups is 1. The van der Waals surface area contributed by atoms with E-state index in [-0.39, 0.29) is 34.9 Å². The van der Waals surface area contributed by atoms with E-state index in [1.54, 1.807) is 12.1 Å². The summed E-state index contributed by atoms with van der Waals surface area (Å²) in [4.78, 5) is 60.0. The van der Waals surface area contributed by atoms with Crippen LogP contribution in [0.1, 0.15) is 31.4 Å². The molecule has 2 fully saturated rings. The van der Waals surface area contributed by atoms with Crippen molar-refractivity contribution in [2.24, 2.45) is 0 Å². The molecule has 6 rings (SSSR count). The fourth-order valence-electron chi connectivity index (χ4n) is 5.55. The molecule has 286 valence electrons. The molecule has 2 aliphatic rings. The van der Waals surface area contributed by atoms with Gasteiger partial charge in [0.25, 0.3) is 5.56 Å². The number of H-pyrrole nitrogens is 1. The zero-order chi connectivity index (χ0) is 38.1. The Morgan fingerprint density at radius 1 is 1.08 bits per heavy atom. The van der Waals surface area contributed by atoms with Crippen molar-refractivity contribution in [3.63, 3.8) is 0 Å². The molecule has 24 heteroatoms. The van der Waals surface area contributed by atoms with Crippen molar-refractivity contribution < 1.29 is 55.4 Å². The molecule has 0 bridgehead atoms. The largest absolute Gasteiger partial charge is 0.427 e. The zero-order valence-electron chi connectivity index (χ0n) is 27.8. The van der Waals surface area contributed by atoms with Crippen LogP contribution in [0, 0.1) is 0 Å². The van der Waals surface area contributed by atoms with E-state index in [0.29, 0.717) is 16.9 Å². The smallest absolute Gasteiger partial charge is 0.386 e. The van der Waals surface area contributed by atoms with Gasteiger partial charge in [0.1, 0.15) is 36.0 Å². The second-order valence-corrected chi connectivity index (χ2v) is 17.8. The molecule has 2 saturated heterocycles. The second-order valence-electron chi connectivity index (χ2n) is 11.9. The van der Waals surface area contributed by atoms with E-state index in [1.807, 2.05) is 4.98 Å². The van der Waals surface area contributed by atoms with Gasteiger partial charge in [-0.05, 0) is 29.1 Å². The lowest BCUT2D eigenvalue weighted by Crippen LogP contribution is -2.37. The lowest BCUT2D eigenvalue weighted by molar-refractivity contribution is -0.131. The van der Waals surface area contributed by atoms with E-state index in [2.05, 4.69) is 15.0 Å². The van der Waals surface area contributed by atoms with Crippen molar-refractivity contribution in [1.29, 1.82) is 0 Å². The third-order valence-electron chi connectivity index (χ3n) is 7.97. The summed E-state index contributed by atoms with van der Waals surface area (Å²) < 4.78 is 92.3. The van der Waals surface area contributed by atoms with Crippen LogP contribution in [0.4, 0.5) is 14.6 Å². The molecule has 2 aliphatic heterocycles. The van der Waals surface area contributed by atoms with Crippen LogP contribution in [0.15, 0.2) is 58.8 Å². The summed E-state index contributed by atoms with van der Waals surface area (Å²) in [5.41, 5.74) is 5.11. The first kappa shape index (κ1) is 38.9. The zero-order valence-corrected chi connectivity index (χ0v) is 30.4. The van der Waals surface area contributed by atoms with Crippen molar-refractivity contribution in [2.75, 3.05) is 25.6 Å². The average Bonchev–Trinajstić information content (AvgIpc) is 3.78. The molecule has 53 heavy (non-hydrogen) atoms. The number of nitrogens with zero attached hydrogens (tertiary/aromatic N) is 5. The molecule has 9 atom stereocenters. The number of esters is 1. The van der Waals surface area contributed by atoms with Crippen LogP contribution >= 0.6 is 25.8 Å². The number of anilines is 1. The second kappa shape index (κ2) is 15.9. The fraction of sp³-hybridized carbons (Fsp3) is 0.448. The highest BCUT2D eigenvalue weighted by Gasteiger charge is 2.51. The number of ether oxygens (including phenoxy) is 3. The number of fused-ring (bicyclic) bond motifs is 1. The van der Waals surface area contributed by atoms with Gasteiger partial charge < -0.3 is 29.4 Å². The number of hydrogen-bond acceptors (Lipinski definition) is 16. The number of imidazole rings is 1. The first-order valence-corrected chi connectivity index (χ1v) is 20.9. The van der Waals surface area contributed by atoms with Crippen LogP contribution in [-0.2, 0) is 42.7 Å². The molecular formula is C29H33F2N7O12P2S. The summed E-state index contributed by atoms with van der Waals surface area (Å²) in [6, 6.07) is 7.11. The molecule has 1 aromatic carbocycles. The van der Waals surface area contributed by atoms with Crippen LogP contribution in [0.3, 0.4) is 0 Å². The number of aromatic amines is 1. The van der Waals surface area contributed by atoms with Gasteiger partial charge in [0, 0.05) is 38.0 Å². The van der Waals surface area contributed by atoms with Crippen LogP contribution in [0.2, 0.25) is 0 Å². The van der Waals surface area contributed by atoms with E-state index in [9.17, 15) is 28.4 Å². The van der Waals surface area contributed by atoms with Crippen molar-refractivity contribution in [3.8, 4) is 5.75 Å². The molecule has 3 aromatic heterocycles. The standard InChI is InChI=1S/C29H33F2N7O12P2S/c1-15(39)47-17-5-3-16(4-6-17)12-53-52(43,44)46-11-20-22(31)24(28(49-20)37-8-7-21(40)36-29(37)41)50-51(2,42)45-10-18-9-19(30)27(48-18)38-14-35-23-25(32)33-13-34-26(23)38/h3-8,13-14,18-20,22,24,27-28H,9-12H2,1-2H3,(H,43,44)(H2,32,33,34)(H,36,40,41)/t18-,19+,20+,22+,24+,27+,28+,51?/m0/s1. The predicted molar refractivity (Wildman–Crippen MR) is 182 cm³/mol. The first-order chi connectivity index (χ1) is 25.1. The summed E-state index contributed by atoms with van der Waals surface area (Å²) in [5, 5.41) is 0. The van der Waals surface area contributed by atoms with E-state index < -0.39 is 87.9 Å². The average molecular weight is 804 g/mol.